The predicted octanol–water partition coefficient (Wildman–Crippen LogP) is 3.36. The molecular formula is C15H21N. The van der Waals surface area contributed by atoms with Crippen molar-refractivity contribution in [3.63, 3.8) is 0 Å². The molecule has 86 valence electrons. The number of nitrogens with one attached hydrogen (secondary N) is 1. The quantitative estimate of drug-likeness (QED) is 0.567. The zero-order valence-corrected chi connectivity index (χ0v) is 10.1. The molecule has 0 saturated heterocycles. The third-order valence-electron chi connectivity index (χ3n) is 2.38. The third kappa shape index (κ3) is 6.27. The average molecular weight is 215 g/mol. The lowest BCUT2D eigenvalue weighted by Gasteiger charge is -2.01. The van der Waals surface area contributed by atoms with Crippen LogP contribution in [0.15, 0.2) is 30.3 Å². The fraction of sp³-hybridized carbons (Fsp3) is 0.467. The van der Waals surface area contributed by atoms with Gasteiger partial charge in [0, 0.05) is 25.9 Å². The van der Waals surface area contributed by atoms with E-state index in [2.05, 4.69) is 48.3 Å². The zero-order valence-electron chi connectivity index (χ0n) is 10.1. The van der Waals surface area contributed by atoms with Gasteiger partial charge in [-0.25, -0.2) is 0 Å². The summed E-state index contributed by atoms with van der Waals surface area (Å²) in [6.45, 7) is 4.12. The molecule has 0 saturated carbocycles. The molecule has 1 rings (SSSR count). The Morgan fingerprint density at radius 3 is 2.56 bits per heavy atom. The van der Waals surface area contributed by atoms with Gasteiger partial charge in [-0.2, -0.15) is 0 Å². The minimum atomic E-state index is 0.942. The van der Waals surface area contributed by atoms with Gasteiger partial charge >= 0.3 is 0 Å². The summed E-state index contributed by atoms with van der Waals surface area (Å²) in [5.74, 6) is 6.39. The third-order valence-corrected chi connectivity index (χ3v) is 2.38. The highest BCUT2D eigenvalue weighted by atomic mass is 14.8. The summed E-state index contributed by atoms with van der Waals surface area (Å²) in [5.41, 5.74) is 1.33. The van der Waals surface area contributed by atoms with Gasteiger partial charge in [-0.15, -0.1) is 11.8 Å². The van der Waals surface area contributed by atoms with E-state index in [0.29, 0.717) is 0 Å². The molecule has 0 atom stereocenters. The predicted molar refractivity (Wildman–Crippen MR) is 70.1 cm³/mol. The molecule has 0 radical (unpaired) electrons. The van der Waals surface area contributed by atoms with Crippen LogP contribution in [0.3, 0.4) is 0 Å². The van der Waals surface area contributed by atoms with E-state index < -0.39 is 0 Å². The highest BCUT2D eigenvalue weighted by Crippen LogP contribution is 1.96. The lowest BCUT2D eigenvalue weighted by atomic mass is 10.2. The van der Waals surface area contributed by atoms with Gasteiger partial charge in [0.1, 0.15) is 0 Å². The molecule has 0 spiro atoms. The van der Waals surface area contributed by atoms with Crippen LogP contribution in [-0.2, 0) is 6.54 Å². The molecule has 0 aliphatic rings. The molecule has 16 heavy (non-hydrogen) atoms. The Kier molecular flexibility index (Phi) is 7.21. The van der Waals surface area contributed by atoms with Crippen LogP contribution in [0.1, 0.15) is 38.2 Å². The van der Waals surface area contributed by atoms with E-state index in [1.165, 1.54) is 18.4 Å². The van der Waals surface area contributed by atoms with Gasteiger partial charge in [0.15, 0.2) is 0 Å². The van der Waals surface area contributed by atoms with Crippen molar-refractivity contribution < 1.29 is 0 Å². The van der Waals surface area contributed by atoms with Crippen molar-refractivity contribution in [2.45, 2.75) is 39.2 Å². The Hall–Kier alpha value is -1.26. The lowest BCUT2D eigenvalue weighted by molar-refractivity contribution is 0.701. The number of hydrogen-bond acceptors (Lipinski definition) is 1. The summed E-state index contributed by atoms with van der Waals surface area (Å²) in [6, 6.07) is 10.5. The maximum atomic E-state index is 3.39. The first-order chi connectivity index (χ1) is 7.93. The lowest BCUT2D eigenvalue weighted by Crippen LogP contribution is -2.13. The highest BCUT2D eigenvalue weighted by molar-refractivity contribution is 5.14. The van der Waals surface area contributed by atoms with Gasteiger partial charge in [-0.1, -0.05) is 43.7 Å². The summed E-state index contributed by atoms with van der Waals surface area (Å²) in [4.78, 5) is 0. The Morgan fingerprint density at radius 1 is 1.06 bits per heavy atom. The fourth-order valence-corrected chi connectivity index (χ4v) is 1.42. The molecule has 1 nitrogen and oxygen atoms in total. The van der Waals surface area contributed by atoms with Crippen molar-refractivity contribution in [2.24, 2.45) is 0 Å². The molecule has 1 heteroatoms. The smallest absolute Gasteiger partial charge is 0.0214 e. The van der Waals surface area contributed by atoms with Gasteiger partial charge in [-0.3, -0.25) is 0 Å². The maximum Gasteiger partial charge on any atom is 0.0214 e. The summed E-state index contributed by atoms with van der Waals surface area (Å²) >= 11 is 0. The Labute approximate surface area is 99.3 Å². The number of hydrogen-bond donors (Lipinski definition) is 1. The van der Waals surface area contributed by atoms with Crippen LogP contribution in [-0.4, -0.2) is 6.54 Å². The molecule has 1 aromatic rings. The first-order valence-electron chi connectivity index (χ1n) is 6.14. The van der Waals surface area contributed by atoms with Crippen molar-refractivity contribution >= 4 is 0 Å². The van der Waals surface area contributed by atoms with Crippen LogP contribution in [0.5, 0.6) is 0 Å². The second-order valence-corrected chi connectivity index (χ2v) is 3.87. The van der Waals surface area contributed by atoms with E-state index in [1.807, 2.05) is 6.07 Å². The van der Waals surface area contributed by atoms with Gasteiger partial charge in [0.05, 0.1) is 0 Å². The van der Waals surface area contributed by atoms with Crippen molar-refractivity contribution in [2.75, 3.05) is 6.54 Å². The molecule has 0 bridgehead atoms. The summed E-state index contributed by atoms with van der Waals surface area (Å²) in [6.07, 6.45) is 4.47. The second-order valence-electron chi connectivity index (χ2n) is 3.87. The van der Waals surface area contributed by atoms with Crippen molar-refractivity contribution in [1.29, 1.82) is 0 Å². The maximum absolute atomic E-state index is 3.39. The van der Waals surface area contributed by atoms with E-state index in [0.717, 1.165) is 25.9 Å². The summed E-state index contributed by atoms with van der Waals surface area (Å²) in [5, 5.41) is 3.39. The fourth-order valence-electron chi connectivity index (χ4n) is 1.42. The molecule has 0 unspecified atom stereocenters. The number of rotatable bonds is 6. The Bertz CT molecular complexity index is 318. The van der Waals surface area contributed by atoms with Crippen LogP contribution in [0.25, 0.3) is 0 Å². The molecule has 0 aliphatic heterocycles. The van der Waals surface area contributed by atoms with E-state index in [1.54, 1.807) is 0 Å². The monoisotopic (exact) mass is 215 g/mol. The molecule has 0 amide bonds. The number of benzene rings is 1. The highest BCUT2D eigenvalue weighted by Gasteiger charge is 1.88. The van der Waals surface area contributed by atoms with Gasteiger partial charge in [0.2, 0.25) is 0 Å². The minimum Gasteiger partial charge on any atom is -0.312 e. The van der Waals surface area contributed by atoms with Gasteiger partial charge in [0.25, 0.3) is 0 Å². The topological polar surface area (TPSA) is 12.0 Å². The zero-order chi connectivity index (χ0) is 11.5. The van der Waals surface area contributed by atoms with Crippen LogP contribution < -0.4 is 5.32 Å². The normalized spacial score (nSPS) is 9.56. The Morgan fingerprint density at radius 2 is 1.81 bits per heavy atom. The van der Waals surface area contributed by atoms with Crippen LogP contribution in [0, 0.1) is 11.8 Å². The first-order valence-corrected chi connectivity index (χ1v) is 6.14. The largest absolute Gasteiger partial charge is 0.312 e. The van der Waals surface area contributed by atoms with Crippen molar-refractivity contribution in [1.82, 2.24) is 5.32 Å². The molecule has 0 fully saturated rings. The standard InChI is InChI=1S/C15H21N/c1-2-3-4-5-6-10-13-16-14-15-11-8-7-9-12-15/h7-9,11-12,16H,2-4,10,13-14H2,1H3. The van der Waals surface area contributed by atoms with Crippen LogP contribution >= 0.6 is 0 Å². The molecular weight excluding hydrogens is 194 g/mol. The van der Waals surface area contributed by atoms with Crippen molar-refractivity contribution in [3.05, 3.63) is 35.9 Å². The average Bonchev–Trinajstić information content (AvgIpc) is 2.34. The van der Waals surface area contributed by atoms with E-state index in [-0.39, 0.29) is 0 Å². The first kappa shape index (κ1) is 12.8. The molecule has 0 aliphatic carbocycles. The van der Waals surface area contributed by atoms with E-state index in [9.17, 15) is 0 Å². The van der Waals surface area contributed by atoms with E-state index >= 15 is 0 Å². The second kappa shape index (κ2) is 9.00. The SMILES string of the molecule is CCCCC#CCCNCc1ccccc1. The molecule has 0 aromatic heterocycles. The van der Waals surface area contributed by atoms with Gasteiger partial charge < -0.3 is 5.32 Å². The summed E-state index contributed by atoms with van der Waals surface area (Å²) in [7, 11) is 0. The van der Waals surface area contributed by atoms with E-state index in [4.69, 9.17) is 0 Å². The van der Waals surface area contributed by atoms with Crippen LogP contribution in [0.4, 0.5) is 0 Å². The molecule has 0 heterocycles. The minimum absolute atomic E-state index is 0.942. The Balaban J connectivity index is 2.01. The van der Waals surface area contributed by atoms with Crippen molar-refractivity contribution in [3.8, 4) is 11.8 Å². The number of unbranched alkanes of at least 4 members (excludes halogenated alkanes) is 2. The molecule has 1 N–H and O–H groups in total. The summed E-state index contributed by atoms with van der Waals surface area (Å²) < 4.78 is 0. The van der Waals surface area contributed by atoms with Crippen LogP contribution in [0.2, 0.25) is 0 Å². The van der Waals surface area contributed by atoms with Gasteiger partial charge in [-0.05, 0) is 12.0 Å². The molecule has 1 aromatic carbocycles.